The van der Waals surface area contributed by atoms with Crippen LogP contribution in [0.15, 0.2) is 0 Å². The number of hydrogen-bond acceptors (Lipinski definition) is 6. The minimum atomic E-state index is 0.443. The maximum atomic E-state index is 4.57. The van der Waals surface area contributed by atoms with Gasteiger partial charge in [0.2, 0.25) is 17.8 Å². The van der Waals surface area contributed by atoms with Crippen LogP contribution in [-0.4, -0.2) is 41.1 Å². The number of hydrogen-bond donors (Lipinski definition) is 2. The Balaban J connectivity index is 1.79. The lowest BCUT2D eigenvalue weighted by atomic mass is 10.2. The average molecular weight is 262 g/mol. The van der Waals surface area contributed by atoms with Gasteiger partial charge in [-0.2, -0.15) is 15.0 Å². The largest absolute Gasteiger partial charge is 0.357 e. The number of nitrogens with one attached hydrogen (secondary N) is 2. The molecule has 2 aliphatic rings. The first-order chi connectivity index (χ1) is 9.26. The number of nitrogens with zero attached hydrogens (tertiary/aromatic N) is 4. The van der Waals surface area contributed by atoms with Gasteiger partial charge in [0.1, 0.15) is 0 Å². The van der Waals surface area contributed by atoms with E-state index in [-0.39, 0.29) is 0 Å². The molecule has 1 aromatic heterocycles. The fraction of sp³-hybridized carbons (Fsp3) is 0.769. The van der Waals surface area contributed by atoms with E-state index in [0.717, 1.165) is 25.0 Å². The minimum absolute atomic E-state index is 0.443. The van der Waals surface area contributed by atoms with Crippen molar-refractivity contribution in [3.8, 4) is 0 Å². The van der Waals surface area contributed by atoms with Crippen molar-refractivity contribution in [1.29, 1.82) is 0 Å². The summed E-state index contributed by atoms with van der Waals surface area (Å²) in [4.78, 5) is 15.7. The van der Waals surface area contributed by atoms with Crippen LogP contribution in [0.1, 0.15) is 32.6 Å². The Bertz CT molecular complexity index is 439. The van der Waals surface area contributed by atoms with E-state index in [1.165, 1.54) is 25.7 Å². The lowest BCUT2D eigenvalue weighted by molar-refractivity contribution is 0.684. The zero-order chi connectivity index (χ0) is 13.2. The molecule has 1 aromatic rings. The van der Waals surface area contributed by atoms with Crippen LogP contribution in [0.4, 0.5) is 17.8 Å². The van der Waals surface area contributed by atoms with Crippen molar-refractivity contribution in [3.63, 3.8) is 0 Å². The molecular weight excluding hydrogens is 240 g/mol. The Morgan fingerprint density at radius 2 is 1.79 bits per heavy atom. The van der Waals surface area contributed by atoms with Crippen LogP contribution in [0.5, 0.6) is 0 Å². The summed E-state index contributed by atoms with van der Waals surface area (Å²) < 4.78 is 0. The first-order valence-electron chi connectivity index (χ1n) is 7.21. The molecule has 19 heavy (non-hydrogen) atoms. The molecule has 1 atom stereocenters. The highest BCUT2D eigenvalue weighted by Gasteiger charge is 2.28. The summed E-state index contributed by atoms with van der Waals surface area (Å²) in [6.07, 6.45) is 5.08. The number of aromatic nitrogens is 3. The number of rotatable bonds is 5. The average Bonchev–Trinajstić information content (AvgIpc) is 3.13. The lowest BCUT2D eigenvalue weighted by Crippen LogP contribution is -2.24. The van der Waals surface area contributed by atoms with E-state index in [1.807, 2.05) is 7.05 Å². The van der Waals surface area contributed by atoms with Gasteiger partial charge in [-0.1, -0.05) is 0 Å². The maximum Gasteiger partial charge on any atom is 0.231 e. The molecule has 1 aliphatic carbocycles. The van der Waals surface area contributed by atoms with Crippen molar-refractivity contribution in [3.05, 3.63) is 0 Å². The predicted octanol–water partition coefficient (Wildman–Crippen LogP) is 1.72. The smallest absolute Gasteiger partial charge is 0.231 e. The van der Waals surface area contributed by atoms with Crippen LogP contribution in [0, 0.1) is 5.92 Å². The van der Waals surface area contributed by atoms with Crippen LogP contribution < -0.4 is 15.5 Å². The van der Waals surface area contributed by atoms with Crippen LogP contribution in [0.3, 0.4) is 0 Å². The molecule has 1 saturated heterocycles. The van der Waals surface area contributed by atoms with E-state index >= 15 is 0 Å². The molecule has 6 heteroatoms. The molecule has 1 aliphatic heterocycles. The Hall–Kier alpha value is -1.59. The van der Waals surface area contributed by atoms with Crippen LogP contribution in [0.2, 0.25) is 0 Å². The summed E-state index contributed by atoms with van der Waals surface area (Å²) in [5.74, 6) is 2.91. The molecule has 2 fully saturated rings. The van der Waals surface area contributed by atoms with E-state index in [1.54, 1.807) is 0 Å². The van der Waals surface area contributed by atoms with Gasteiger partial charge < -0.3 is 15.5 Å². The van der Waals surface area contributed by atoms with Gasteiger partial charge in [-0.05, 0) is 38.5 Å². The highest BCUT2D eigenvalue weighted by Crippen LogP contribution is 2.33. The molecule has 3 rings (SSSR count). The molecule has 0 radical (unpaired) electrons. The molecule has 1 saturated carbocycles. The van der Waals surface area contributed by atoms with Crippen molar-refractivity contribution in [2.45, 2.75) is 38.6 Å². The van der Waals surface area contributed by atoms with Gasteiger partial charge in [-0.3, -0.25) is 0 Å². The second-order valence-corrected chi connectivity index (χ2v) is 5.50. The van der Waals surface area contributed by atoms with Crippen molar-refractivity contribution in [1.82, 2.24) is 15.0 Å². The van der Waals surface area contributed by atoms with Crippen molar-refractivity contribution in [2.75, 3.05) is 35.7 Å². The van der Waals surface area contributed by atoms with Crippen LogP contribution in [-0.2, 0) is 0 Å². The van der Waals surface area contributed by atoms with Crippen molar-refractivity contribution in [2.24, 2.45) is 5.92 Å². The predicted molar refractivity (Wildman–Crippen MR) is 76.6 cm³/mol. The molecule has 2 N–H and O–H groups in total. The normalized spacial score (nSPS) is 20.4. The summed E-state index contributed by atoms with van der Waals surface area (Å²) in [5.41, 5.74) is 0. The molecule has 0 amide bonds. The fourth-order valence-electron chi connectivity index (χ4n) is 2.52. The summed E-state index contributed by atoms with van der Waals surface area (Å²) in [7, 11) is 1.84. The monoisotopic (exact) mass is 262 g/mol. The van der Waals surface area contributed by atoms with Crippen molar-refractivity contribution < 1.29 is 0 Å². The van der Waals surface area contributed by atoms with E-state index in [2.05, 4.69) is 37.4 Å². The summed E-state index contributed by atoms with van der Waals surface area (Å²) in [6, 6.07) is 0.443. The quantitative estimate of drug-likeness (QED) is 0.842. The Morgan fingerprint density at radius 3 is 2.42 bits per heavy atom. The van der Waals surface area contributed by atoms with E-state index in [0.29, 0.717) is 17.9 Å². The second-order valence-electron chi connectivity index (χ2n) is 5.50. The van der Waals surface area contributed by atoms with Crippen molar-refractivity contribution >= 4 is 17.8 Å². The molecule has 6 nitrogen and oxygen atoms in total. The Labute approximate surface area is 114 Å². The molecular formula is C13H22N6. The molecule has 2 heterocycles. The van der Waals surface area contributed by atoms with E-state index in [9.17, 15) is 0 Å². The van der Waals surface area contributed by atoms with E-state index < -0.39 is 0 Å². The molecule has 0 spiro atoms. The third-order valence-corrected chi connectivity index (χ3v) is 3.92. The molecule has 0 aromatic carbocycles. The number of anilines is 3. The SMILES string of the molecule is CNc1nc(NC(C)C2CC2)nc(N2CCCC2)n1. The van der Waals surface area contributed by atoms with Gasteiger partial charge in [-0.25, -0.2) is 0 Å². The summed E-state index contributed by atoms with van der Waals surface area (Å²) >= 11 is 0. The molecule has 104 valence electrons. The minimum Gasteiger partial charge on any atom is -0.357 e. The first kappa shape index (κ1) is 12.4. The fourth-order valence-corrected chi connectivity index (χ4v) is 2.52. The molecule has 0 bridgehead atoms. The van der Waals surface area contributed by atoms with Gasteiger partial charge in [-0.15, -0.1) is 0 Å². The van der Waals surface area contributed by atoms with Gasteiger partial charge in [0, 0.05) is 26.2 Å². The topological polar surface area (TPSA) is 66.0 Å². The Morgan fingerprint density at radius 1 is 1.11 bits per heavy atom. The van der Waals surface area contributed by atoms with Gasteiger partial charge in [0.25, 0.3) is 0 Å². The third-order valence-electron chi connectivity index (χ3n) is 3.92. The molecule has 1 unspecified atom stereocenters. The first-order valence-corrected chi connectivity index (χ1v) is 7.21. The zero-order valence-electron chi connectivity index (χ0n) is 11.7. The van der Waals surface area contributed by atoms with Gasteiger partial charge in [0.05, 0.1) is 0 Å². The Kier molecular flexibility index (Phi) is 3.40. The lowest BCUT2D eigenvalue weighted by Gasteiger charge is -2.18. The second kappa shape index (κ2) is 5.19. The standard InChI is InChI=1S/C13H22N6/c1-9(10-5-6-10)15-12-16-11(14-2)17-13(18-12)19-7-3-4-8-19/h9-10H,3-8H2,1-2H3,(H2,14,15,16,17,18). The highest BCUT2D eigenvalue weighted by molar-refractivity contribution is 5.44. The van der Waals surface area contributed by atoms with Crippen LogP contribution in [0.25, 0.3) is 0 Å². The van der Waals surface area contributed by atoms with Gasteiger partial charge >= 0.3 is 0 Å². The summed E-state index contributed by atoms with van der Waals surface area (Å²) in [5, 5.41) is 6.43. The van der Waals surface area contributed by atoms with Crippen LogP contribution >= 0.6 is 0 Å². The zero-order valence-corrected chi connectivity index (χ0v) is 11.7. The van der Waals surface area contributed by atoms with E-state index in [4.69, 9.17) is 0 Å². The van der Waals surface area contributed by atoms with Gasteiger partial charge in [0.15, 0.2) is 0 Å². The summed E-state index contributed by atoms with van der Waals surface area (Å²) in [6.45, 7) is 4.30. The highest BCUT2D eigenvalue weighted by atomic mass is 15.3. The maximum absolute atomic E-state index is 4.57. The third kappa shape index (κ3) is 2.88.